The molecule has 0 atom stereocenters. The maximum absolute atomic E-state index is 14.7. The third kappa shape index (κ3) is 4.40. The second kappa shape index (κ2) is 9.66. The molecule has 5 rings (SSSR count). The highest BCUT2D eigenvalue weighted by Gasteiger charge is 2.16. The van der Waals surface area contributed by atoms with Crippen LogP contribution in [0.5, 0.6) is 5.75 Å². The Morgan fingerprint density at radius 1 is 1.15 bits per heavy atom. The maximum atomic E-state index is 14.7. The van der Waals surface area contributed by atoms with Crippen LogP contribution in [0, 0.1) is 5.82 Å². The fourth-order valence-corrected chi connectivity index (χ4v) is 4.14. The van der Waals surface area contributed by atoms with Gasteiger partial charge in [0.2, 0.25) is 0 Å². The number of rotatable bonds is 7. The monoisotopic (exact) mass is 463 g/mol. The summed E-state index contributed by atoms with van der Waals surface area (Å²) in [6, 6.07) is 13.8. The smallest absolute Gasteiger partial charge is 0.253 e. The van der Waals surface area contributed by atoms with Crippen molar-refractivity contribution in [1.29, 1.82) is 0 Å². The van der Waals surface area contributed by atoms with Crippen molar-refractivity contribution in [1.82, 2.24) is 19.6 Å². The summed E-state index contributed by atoms with van der Waals surface area (Å²) in [5.41, 5.74) is 2.76. The van der Waals surface area contributed by atoms with Crippen LogP contribution < -0.4 is 15.4 Å². The Hall–Kier alpha value is -3.69. The van der Waals surface area contributed by atoms with Gasteiger partial charge in [-0.3, -0.25) is 9.69 Å². The second-order valence-electron chi connectivity index (χ2n) is 8.05. The van der Waals surface area contributed by atoms with Crippen LogP contribution in [0.3, 0.4) is 0 Å². The highest BCUT2D eigenvalue weighted by molar-refractivity contribution is 6.05. The van der Waals surface area contributed by atoms with Crippen molar-refractivity contribution < 1.29 is 18.7 Å². The highest BCUT2D eigenvalue weighted by Crippen LogP contribution is 2.29. The fraction of sp³-hybridized carbons (Fsp3) is 0.280. The molecule has 0 bridgehead atoms. The lowest BCUT2D eigenvalue weighted by Gasteiger charge is -2.26. The first-order valence-electron chi connectivity index (χ1n) is 11.3. The molecule has 0 unspecified atom stereocenters. The van der Waals surface area contributed by atoms with Gasteiger partial charge in [0.25, 0.3) is 5.91 Å². The predicted molar refractivity (Wildman–Crippen MR) is 129 cm³/mol. The first-order valence-corrected chi connectivity index (χ1v) is 11.3. The largest absolute Gasteiger partial charge is 0.492 e. The van der Waals surface area contributed by atoms with Crippen molar-refractivity contribution in [3.63, 3.8) is 0 Å². The molecular weight excluding hydrogens is 437 g/mol. The molecule has 34 heavy (non-hydrogen) atoms. The SMILES string of the molecule is CNC(=O)c1cccc2c1nc(Nc1cc(OCCN3CCOCC3)ccc1F)c1cccn12. The van der Waals surface area contributed by atoms with Crippen molar-refractivity contribution in [2.45, 2.75) is 0 Å². The van der Waals surface area contributed by atoms with E-state index in [0.717, 1.165) is 43.9 Å². The zero-order chi connectivity index (χ0) is 23.5. The number of carbonyl (C=O) groups excluding carboxylic acids is 1. The van der Waals surface area contributed by atoms with Crippen molar-refractivity contribution in [3.8, 4) is 5.75 Å². The summed E-state index contributed by atoms with van der Waals surface area (Å²) >= 11 is 0. The van der Waals surface area contributed by atoms with Crippen LogP contribution in [0.15, 0.2) is 54.7 Å². The first-order chi connectivity index (χ1) is 16.6. The Kier molecular flexibility index (Phi) is 6.29. The van der Waals surface area contributed by atoms with Crippen LogP contribution >= 0.6 is 0 Å². The molecule has 4 aromatic rings. The van der Waals surface area contributed by atoms with Crippen molar-refractivity contribution in [3.05, 3.63) is 66.1 Å². The van der Waals surface area contributed by atoms with E-state index in [1.807, 2.05) is 34.9 Å². The summed E-state index contributed by atoms with van der Waals surface area (Å²) in [4.78, 5) is 19.4. The summed E-state index contributed by atoms with van der Waals surface area (Å²) < 4.78 is 27.9. The van der Waals surface area contributed by atoms with Gasteiger partial charge in [-0.05, 0) is 36.4 Å². The number of hydrogen-bond donors (Lipinski definition) is 2. The van der Waals surface area contributed by atoms with E-state index < -0.39 is 5.82 Å². The summed E-state index contributed by atoms with van der Waals surface area (Å²) in [5.74, 6) is 0.345. The Labute approximate surface area is 196 Å². The zero-order valence-electron chi connectivity index (χ0n) is 18.9. The lowest BCUT2D eigenvalue weighted by atomic mass is 10.1. The molecule has 0 spiro atoms. The Morgan fingerprint density at radius 3 is 2.79 bits per heavy atom. The number of halogens is 1. The predicted octanol–water partition coefficient (Wildman–Crippen LogP) is 3.44. The summed E-state index contributed by atoms with van der Waals surface area (Å²) in [6.07, 6.45) is 1.89. The number of morpholine rings is 1. The third-order valence-corrected chi connectivity index (χ3v) is 5.93. The second-order valence-corrected chi connectivity index (χ2v) is 8.05. The number of aromatic nitrogens is 2. The molecule has 0 radical (unpaired) electrons. The lowest BCUT2D eigenvalue weighted by molar-refractivity contribution is 0.0322. The van der Waals surface area contributed by atoms with Crippen LogP contribution in [-0.4, -0.2) is 66.7 Å². The van der Waals surface area contributed by atoms with Gasteiger partial charge in [-0.1, -0.05) is 6.07 Å². The van der Waals surface area contributed by atoms with Gasteiger partial charge in [0.05, 0.1) is 35.5 Å². The normalized spacial score (nSPS) is 14.4. The molecule has 0 saturated carbocycles. The molecule has 1 amide bonds. The summed E-state index contributed by atoms with van der Waals surface area (Å²) in [7, 11) is 1.58. The number of carbonyl (C=O) groups is 1. The summed E-state index contributed by atoms with van der Waals surface area (Å²) in [5, 5.41) is 5.76. The van der Waals surface area contributed by atoms with Gasteiger partial charge >= 0.3 is 0 Å². The minimum absolute atomic E-state index is 0.239. The van der Waals surface area contributed by atoms with Crippen LogP contribution in [-0.2, 0) is 4.74 Å². The highest BCUT2D eigenvalue weighted by atomic mass is 19.1. The van der Waals surface area contributed by atoms with Gasteiger partial charge in [-0.15, -0.1) is 0 Å². The van der Waals surface area contributed by atoms with Crippen molar-refractivity contribution >= 4 is 34.0 Å². The van der Waals surface area contributed by atoms with Crippen LogP contribution in [0.4, 0.5) is 15.9 Å². The van der Waals surface area contributed by atoms with E-state index in [2.05, 4.69) is 15.5 Å². The van der Waals surface area contributed by atoms with Crippen molar-refractivity contribution in [2.75, 3.05) is 51.8 Å². The zero-order valence-corrected chi connectivity index (χ0v) is 18.9. The number of hydrogen-bond acceptors (Lipinski definition) is 6. The number of ether oxygens (including phenoxy) is 2. The third-order valence-electron chi connectivity index (χ3n) is 5.93. The number of fused-ring (bicyclic) bond motifs is 3. The maximum Gasteiger partial charge on any atom is 0.253 e. The molecule has 1 saturated heterocycles. The van der Waals surface area contributed by atoms with E-state index in [9.17, 15) is 9.18 Å². The molecule has 176 valence electrons. The molecular formula is C25H26FN5O3. The number of benzene rings is 2. The van der Waals surface area contributed by atoms with Gasteiger partial charge in [0, 0.05) is 38.9 Å². The van der Waals surface area contributed by atoms with E-state index in [4.69, 9.17) is 14.5 Å². The first kappa shape index (κ1) is 22.1. The Balaban J connectivity index is 1.43. The van der Waals surface area contributed by atoms with Gasteiger partial charge in [0.15, 0.2) is 5.82 Å². The molecule has 8 nitrogen and oxygen atoms in total. The summed E-state index contributed by atoms with van der Waals surface area (Å²) in [6.45, 7) is 4.52. The van der Waals surface area contributed by atoms with E-state index in [-0.39, 0.29) is 11.6 Å². The molecule has 0 aliphatic carbocycles. The van der Waals surface area contributed by atoms with Crippen LogP contribution in [0.25, 0.3) is 16.6 Å². The molecule has 1 aliphatic rings. The average molecular weight is 464 g/mol. The van der Waals surface area contributed by atoms with E-state index in [0.29, 0.717) is 29.3 Å². The molecule has 1 aliphatic heterocycles. The quantitative estimate of drug-likeness (QED) is 0.437. The van der Waals surface area contributed by atoms with Crippen LogP contribution in [0.2, 0.25) is 0 Å². The standard InChI is InChI=1S/C25H26FN5O3/c1-27-25(32)18-4-2-5-21-23(18)29-24(22-6-3-9-31(21)22)28-20-16-17(7-8-19(20)26)34-15-12-30-10-13-33-14-11-30/h2-9,16H,10-15H2,1H3,(H,27,32)(H,28,29). The van der Waals surface area contributed by atoms with Gasteiger partial charge in [-0.25, -0.2) is 9.37 Å². The van der Waals surface area contributed by atoms with Crippen molar-refractivity contribution in [2.24, 2.45) is 0 Å². The number of nitrogens with one attached hydrogen (secondary N) is 2. The molecule has 2 aromatic carbocycles. The minimum Gasteiger partial charge on any atom is -0.492 e. The molecule has 2 aromatic heterocycles. The van der Waals surface area contributed by atoms with E-state index >= 15 is 0 Å². The average Bonchev–Trinajstić information content (AvgIpc) is 3.37. The lowest BCUT2D eigenvalue weighted by Crippen LogP contribution is -2.38. The number of amides is 1. The fourth-order valence-electron chi connectivity index (χ4n) is 4.14. The Bertz CT molecular complexity index is 1330. The molecule has 2 N–H and O–H groups in total. The van der Waals surface area contributed by atoms with E-state index in [1.165, 1.54) is 6.07 Å². The minimum atomic E-state index is -0.424. The topological polar surface area (TPSA) is 80.1 Å². The number of anilines is 2. The molecule has 1 fully saturated rings. The van der Waals surface area contributed by atoms with Gasteiger partial charge in [0.1, 0.15) is 23.7 Å². The van der Waals surface area contributed by atoms with Crippen LogP contribution in [0.1, 0.15) is 10.4 Å². The number of para-hydroxylation sites is 1. The number of nitrogens with zero attached hydrogens (tertiary/aromatic N) is 3. The van der Waals surface area contributed by atoms with E-state index in [1.54, 1.807) is 25.2 Å². The van der Waals surface area contributed by atoms with Gasteiger partial charge < -0.3 is 24.5 Å². The molecule has 3 heterocycles. The van der Waals surface area contributed by atoms with Gasteiger partial charge in [-0.2, -0.15) is 0 Å². The molecule has 9 heteroatoms. The Morgan fingerprint density at radius 2 is 1.97 bits per heavy atom.